The van der Waals surface area contributed by atoms with Crippen LogP contribution >= 0.6 is 0 Å². The minimum absolute atomic E-state index is 0.167. The van der Waals surface area contributed by atoms with Gasteiger partial charge in [0.2, 0.25) is 5.91 Å². The van der Waals surface area contributed by atoms with Crippen molar-refractivity contribution < 1.29 is 18.8 Å². The highest BCUT2D eigenvalue weighted by Gasteiger charge is 2.49. The van der Waals surface area contributed by atoms with E-state index in [9.17, 15) is 18.8 Å². The Morgan fingerprint density at radius 2 is 1.85 bits per heavy atom. The molecule has 2 aliphatic rings. The summed E-state index contributed by atoms with van der Waals surface area (Å²) in [5.74, 6) is -1.17. The van der Waals surface area contributed by atoms with Gasteiger partial charge in [0, 0.05) is 13.1 Å². The van der Waals surface area contributed by atoms with Crippen molar-refractivity contribution in [3.63, 3.8) is 0 Å². The molecule has 0 radical (unpaired) electrons. The van der Waals surface area contributed by atoms with E-state index < -0.39 is 23.3 Å². The van der Waals surface area contributed by atoms with E-state index in [1.165, 1.54) is 30.7 Å². The van der Waals surface area contributed by atoms with Gasteiger partial charge in [-0.25, -0.2) is 9.18 Å². The molecule has 1 atom stereocenters. The summed E-state index contributed by atoms with van der Waals surface area (Å²) in [5, 5.41) is 2.63. The van der Waals surface area contributed by atoms with E-state index in [1.54, 1.807) is 18.9 Å². The summed E-state index contributed by atoms with van der Waals surface area (Å²) in [6.45, 7) is 1.28. The van der Waals surface area contributed by atoms with Crippen molar-refractivity contribution in [2.75, 3.05) is 13.6 Å². The minimum Gasteiger partial charge on any atom is -0.341 e. The first-order chi connectivity index (χ1) is 12.3. The second kappa shape index (κ2) is 7.05. The number of nitrogens with one attached hydrogen (secondary N) is 1. The normalized spacial score (nSPS) is 23.9. The number of imide groups is 1. The maximum absolute atomic E-state index is 13.2. The van der Waals surface area contributed by atoms with Crippen molar-refractivity contribution >= 4 is 17.8 Å². The van der Waals surface area contributed by atoms with Gasteiger partial charge in [-0.2, -0.15) is 0 Å². The summed E-state index contributed by atoms with van der Waals surface area (Å²) >= 11 is 0. The summed E-state index contributed by atoms with van der Waals surface area (Å²) < 4.78 is 13.2. The van der Waals surface area contributed by atoms with Crippen molar-refractivity contribution in [3.05, 3.63) is 35.6 Å². The Morgan fingerprint density at radius 3 is 2.46 bits per heavy atom. The second-order valence-electron chi connectivity index (χ2n) is 7.25. The van der Waals surface area contributed by atoms with Gasteiger partial charge in [0.1, 0.15) is 17.9 Å². The number of amides is 4. The molecule has 1 aliphatic carbocycles. The largest absolute Gasteiger partial charge is 0.341 e. The molecule has 1 aromatic carbocycles. The van der Waals surface area contributed by atoms with Crippen LogP contribution in [0.3, 0.4) is 0 Å². The van der Waals surface area contributed by atoms with E-state index in [2.05, 4.69) is 5.32 Å². The first kappa shape index (κ1) is 18.4. The average molecular weight is 361 g/mol. The van der Waals surface area contributed by atoms with Crippen molar-refractivity contribution in [2.24, 2.45) is 0 Å². The molecular weight excluding hydrogens is 337 g/mol. The molecule has 1 saturated heterocycles. The molecule has 7 heteroatoms. The smallest absolute Gasteiger partial charge is 0.325 e. The quantitative estimate of drug-likeness (QED) is 0.837. The average Bonchev–Trinajstić information content (AvgIpc) is 2.86. The standard InChI is InChI=1S/C19H24FN3O3/c1-19(13-8-10-14(20)11-9-13)17(25)23(18(26)21-19)12-16(24)22(2)15-6-4-3-5-7-15/h8-11,15H,3-7,12H2,1-2H3,(H,21,26). The zero-order valence-corrected chi connectivity index (χ0v) is 15.1. The van der Waals surface area contributed by atoms with Crippen molar-refractivity contribution in [3.8, 4) is 0 Å². The SMILES string of the molecule is CN(C(=O)CN1C(=O)NC(C)(c2ccc(F)cc2)C1=O)C1CCCCC1. The van der Waals surface area contributed by atoms with Crippen LogP contribution in [-0.4, -0.2) is 47.3 Å². The van der Waals surface area contributed by atoms with E-state index in [-0.39, 0.29) is 18.5 Å². The van der Waals surface area contributed by atoms with Crippen LogP contribution in [0.1, 0.15) is 44.6 Å². The summed E-state index contributed by atoms with van der Waals surface area (Å²) in [6.07, 6.45) is 5.27. The van der Waals surface area contributed by atoms with Gasteiger partial charge in [0.05, 0.1) is 0 Å². The van der Waals surface area contributed by atoms with Gasteiger partial charge in [-0.1, -0.05) is 31.4 Å². The topological polar surface area (TPSA) is 69.7 Å². The number of carbonyl (C=O) groups excluding carboxylic acids is 3. The van der Waals surface area contributed by atoms with Crippen molar-refractivity contribution in [2.45, 2.75) is 50.6 Å². The first-order valence-electron chi connectivity index (χ1n) is 8.99. The Balaban J connectivity index is 1.72. The fraction of sp³-hybridized carbons (Fsp3) is 0.526. The summed E-state index contributed by atoms with van der Waals surface area (Å²) in [4.78, 5) is 40.4. The molecule has 4 amide bonds. The molecule has 2 fully saturated rings. The summed E-state index contributed by atoms with van der Waals surface area (Å²) in [5.41, 5.74) is -0.818. The number of halogens is 1. The number of carbonyl (C=O) groups is 3. The van der Waals surface area contributed by atoms with Gasteiger partial charge in [-0.15, -0.1) is 0 Å². The number of nitrogens with zero attached hydrogens (tertiary/aromatic N) is 2. The molecule has 6 nitrogen and oxygen atoms in total. The van der Waals surface area contributed by atoms with Gasteiger partial charge in [0.15, 0.2) is 0 Å². The molecule has 3 rings (SSSR count). The van der Waals surface area contributed by atoms with Crippen molar-refractivity contribution in [1.29, 1.82) is 0 Å². The van der Waals surface area contributed by atoms with Crippen LogP contribution in [0, 0.1) is 5.82 Å². The van der Waals surface area contributed by atoms with Gasteiger partial charge < -0.3 is 10.2 Å². The van der Waals surface area contributed by atoms with E-state index in [0.717, 1.165) is 30.6 Å². The van der Waals surface area contributed by atoms with Crippen LogP contribution in [0.2, 0.25) is 0 Å². The summed E-state index contributed by atoms with van der Waals surface area (Å²) in [6, 6.07) is 4.97. The van der Waals surface area contributed by atoms with Gasteiger partial charge >= 0.3 is 6.03 Å². The van der Waals surface area contributed by atoms with Crippen LogP contribution in [-0.2, 0) is 15.1 Å². The minimum atomic E-state index is -1.30. The third-order valence-electron chi connectivity index (χ3n) is 5.51. The maximum atomic E-state index is 13.2. The highest BCUT2D eigenvalue weighted by molar-refractivity contribution is 6.09. The van der Waals surface area contributed by atoms with Crippen LogP contribution in [0.5, 0.6) is 0 Å². The van der Waals surface area contributed by atoms with E-state index in [4.69, 9.17) is 0 Å². The zero-order valence-electron chi connectivity index (χ0n) is 15.1. The molecule has 0 aromatic heterocycles. The van der Waals surface area contributed by atoms with E-state index in [1.807, 2.05) is 0 Å². The number of urea groups is 1. The van der Waals surface area contributed by atoms with E-state index >= 15 is 0 Å². The zero-order chi connectivity index (χ0) is 18.9. The molecule has 1 unspecified atom stereocenters. The van der Waals surface area contributed by atoms with Gasteiger partial charge in [0.25, 0.3) is 5.91 Å². The third kappa shape index (κ3) is 3.30. The lowest BCUT2D eigenvalue weighted by molar-refractivity contribution is -0.139. The lowest BCUT2D eigenvalue weighted by atomic mass is 9.92. The first-order valence-corrected chi connectivity index (χ1v) is 8.99. The highest BCUT2D eigenvalue weighted by atomic mass is 19.1. The Labute approximate surface area is 152 Å². The number of rotatable bonds is 4. The molecule has 1 aliphatic heterocycles. The number of hydrogen-bond donors (Lipinski definition) is 1. The molecule has 140 valence electrons. The van der Waals surface area contributed by atoms with Crippen LogP contribution in [0.15, 0.2) is 24.3 Å². The lowest BCUT2D eigenvalue weighted by Crippen LogP contribution is -2.46. The fourth-order valence-electron chi connectivity index (χ4n) is 3.74. The summed E-state index contributed by atoms with van der Waals surface area (Å²) in [7, 11) is 1.73. The molecule has 0 bridgehead atoms. The monoisotopic (exact) mass is 361 g/mol. The Morgan fingerprint density at radius 1 is 1.23 bits per heavy atom. The predicted molar refractivity (Wildman–Crippen MR) is 93.6 cm³/mol. The maximum Gasteiger partial charge on any atom is 0.325 e. The third-order valence-corrected chi connectivity index (χ3v) is 5.51. The van der Waals surface area contributed by atoms with Gasteiger partial charge in [-0.05, 0) is 37.5 Å². The number of likely N-dealkylation sites (N-methyl/N-ethyl adjacent to an activating group) is 1. The van der Waals surface area contributed by atoms with Crippen LogP contribution < -0.4 is 5.32 Å². The Bertz CT molecular complexity index is 715. The Hall–Kier alpha value is -2.44. The van der Waals surface area contributed by atoms with Crippen LogP contribution in [0.25, 0.3) is 0 Å². The molecule has 0 spiro atoms. The van der Waals surface area contributed by atoms with Gasteiger partial charge in [-0.3, -0.25) is 14.5 Å². The van der Waals surface area contributed by atoms with Crippen LogP contribution in [0.4, 0.5) is 9.18 Å². The molecule has 1 heterocycles. The van der Waals surface area contributed by atoms with Crippen molar-refractivity contribution in [1.82, 2.24) is 15.1 Å². The lowest BCUT2D eigenvalue weighted by Gasteiger charge is -2.32. The molecule has 26 heavy (non-hydrogen) atoms. The predicted octanol–water partition coefficient (Wildman–Crippen LogP) is 2.38. The molecular formula is C19H24FN3O3. The Kier molecular flexibility index (Phi) is 4.98. The highest BCUT2D eigenvalue weighted by Crippen LogP contribution is 2.29. The molecule has 1 saturated carbocycles. The molecule has 1 aromatic rings. The number of hydrogen-bond acceptors (Lipinski definition) is 3. The fourth-order valence-corrected chi connectivity index (χ4v) is 3.74. The number of benzene rings is 1. The second-order valence-corrected chi connectivity index (χ2v) is 7.25. The van der Waals surface area contributed by atoms with E-state index in [0.29, 0.717) is 5.56 Å². The molecule has 1 N–H and O–H groups in total.